The number of nitriles is 1. The Balaban J connectivity index is 2.41. The zero-order valence-electron chi connectivity index (χ0n) is 12.8. The van der Waals surface area contributed by atoms with Crippen LogP contribution in [0.15, 0.2) is 42.5 Å². The Bertz CT molecular complexity index is 690. The van der Waals surface area contributed by atoms with E-state index in [0.717, 1.165) is 16.9 Å². The third-order valence-electron chi connectivity index (χ3n) is 3.21. The van der Waals surface area contributed by atoms with Gasteiger partial charge in [-0.25, -0.2) is 0 Å². The molecule has 0 aliphatic rings. The molecule has 0 aliphatic carbocycles. The van der Waals surface area contributed by atoms with Crippen molar-refractivity contribution >= 4 is 11.6 Å². The van der Waals surface area contributed by atoms with E-state index in [2.05, 4.69) is 6.07 Å². The number of allylic oxidation sites excluding steroid dienone is 1. The van der Waals surface area contributed by atoms with Crippen LogP contribution in [0, 0.1) is 11.3 Å². The van der Waals surface area contributed by atoms with Gasteiger partial charge in [0.2, 0.25) is 0 Å². The molecule has 22 heavy (non-hydrogen) atoms. The number of rotatable bonds is 5. The molecule has 0 spiro atoms. The average molecular weight is 295 g/mol. The lowest BCUT2D eigenvalue weighted by Crippen LogP contribution is -1.89. The summed E-state index contributed by atoms with van der Waals surface area (Å²) in [6, 6.07) is 15.1. The first-order chi connectivity index (χ1) is 10.7. The molecule has 4 heteroatoms. The fourth-order valence-electron chi connectivity index (χ4n) is 2.03. The van der Waals surface area contributed by atoms with E-state index in [4.69, 9.17) is 14.2 Å². The third-order valence-corrected chi connectivity index (χ3v) is 3.21. The summed E-state index contributed by atoms with van der Waals surface area (Å²) in [5.41, 5.74) is 2.21. The van der Waals surface area contributed by atoms with Gasteiger partial charge in [0.05, 0.1) is 33.0 Å². The largest absolute Gasteiger partial charge is 0.497 e. The van der Waals surface area contributed by atoms with Crippen LogP contribution < -0.4 is 14.2 Å². The highest BCUT2D eigenvalue weighted by molar-refractivity contribution is 5.90. The molecule has 0 fully saturated rings. The van der Waals surface area contributed by atoms with E-state index in [1.54, 1.807) is 33.5 Å². The van der Waals surface area contributed by atoms with Crippen LogP contribution in [0.2, 0.25) is 0 Å². The maximum absolute atomic E-state index is 9.41. The summed E-state index contributed by atoms with van der Waals surface area (Å²) in [4.78, 5) is 0. The summed E-state index contributed by atoms with van der Waals surface area (Å²) in [6.45, 7) is 0. The molecule has 0 N–H and O–H groups in total. The SMILES string of the molecule is COc1ccc(/C(C#N)=C/c2cc(OC)cc(OC)c2)cc1. The molecule has 112 valence electrons. The van der Waals surface area contributed by atoms with E-state index in [-0.39, 0.29) is 0 Å². The van der Waals surface area contributed by atoms with Crippen molar-refractivity contribution in [1.82, 2.24) is 0 Å². The molecule has 0 saturated heterocycles. The minimum Gasteiger partial charge on any atom is -0.497 e. The van der Waals surface area contributed by atoms with Gasteiger partial charge in [0.1, 0.15) is 17.2 Å². The normalized spacial score (nSPS) is 10.7. The minimum absolute atomic E-state index is 0.554. The summed E-state index contributed by atoms with van der Waals surface area (Å²) in [7, 11) is 4.80. The zero-order chi connectivity index (χ0) is 15.9. The molecule has 0 aromatic heterocycles. The van der Waals surface area contributed by atoms with Gasteiger partial charge in [0.25, 0.3) is 0 Å². The second kappa shape index (κ2) is 7.19. The highest BCUT2D eigenvalue weighted by Gasteiger charge is 2.04. The monoisotopic (exact) mass is 295 g/mol. The number of methoxy groups -OCH3 is 3. The third kappa shape index (κ3) is 3.58. The molecule has 0 atom stereocenters. The molecule has 2 rings (SSSR count). The van der Waals surface area contributed by atoms with Crippen LogP contribution in [0.25, 0.3) is 11.6 Å². The van der Waals surface area contributed by atoms with E-state index >= 15 is 0 Å². The van der Waals surface area contributed by atoms with E-state index in [9.17, 15) is 5.26 Å². The molecule has 0 aliphatic heterocycles. The Labute approximate surface area is 130 Å². The van der Waals surface area contributed by atoms with E-state index in [1.807, 2.05) is 36.4 Å². The molecule has 0 amide bonds. The molecule has 2 aromatic carbocycles. The Morgan fingerprint density at radius 3 is 1.86 bits per heavy atom. The molecule has 2 aromatic rings. The Kier molecular flexibility index (Phi) is 5.05. The predicted octanol–water partition coefficient (Wildman–Crippen LogP) is 3.78. The summed E-state index contributed by atoms with van der Waals surface area (Å²) < 4.78 is 15.6. The van der Waals surface area contributed by atoms with Gasteiger partial charge in [-0.05, 0) is 53.6 Å². The summed E-state index contributed by atoms with van der Waals surface area (Å²) in [5, 5.41) is 9.41. The molecular formula is C18H17NO3. The standard InChI is InChI=1S/C18H17NO3/c1-20-16-6-4-14(5-7-16)15(12-19)8-13-9-17(21-2)11-18(10-13)22-3/h4-11H,1-3H3/b15-8+. The zero-order valence-corrected chi connectivity index (χ0v) is 12.8. The number of nitrogens with zero attached hydrogens (tertiary/aromatic N) is 1. The highest BCUT2D eigenvalue weighted by Crippen LogP contribution is 2.26. The highest BCUT2D eigenvalue weighted by atomic mass is 16.5. The van der Waals surface area contributed by atoms with Gasteiger partial charge < -0.3 is 14.2 Å². The Morgan fingerprint density at radius 2 is 1.41 bits per heavy atom. The van der Waals surface area contributed by atoms with Gasteiger partial charge in [0.15, 0.2) is 0 Å². The van der Waals surface area contributed by atoms with Crippen LogP contribution in [0.5, 0.6) is 17.2 Å². The second-order valence-electron chi connectivity index (χ2n) is 4.54. The number of ether oxygens (including phenoxy) is 3. The molecule has 0 unspecified atom stereocenters. The van der Waals surface area contributed by atoms with Gasteiger partial charge in [0, 0.05) is 6.07 Å². The molecular weight excluding hydrogens is 278 g/mol. The maximum Gasteiger partial charge on any atom is 0.123 e. The van der Waals surface area contributed by atoms with Crippen molar-refractivity contribution in [1.29, 1.82) is 5.26 Å². The van der Waals surface area contributed by atoms with Crippen molar-refractivity contribution in [3.8, 4) is 23.3 Å². The van der Waals surface area contributed by atoms with Gasteiger partial charge in [-0.1, -0.05) is 0 Å². The lowest BCUT2D eigenvalue weighted by molar-refractivity contribution is 0.394. The molecule has 0 heterocycles. The summed E-state index contributed by atoms with van der Waals surface area (Å²) in [5.74, 6) is 2.11. The molecule has 4 nitrogen and oxygen atoms in total. The second-order valence-corrected chi connectivity index (χ2v) is 4.54. The van der Waals surface area contributed by atoms with Gasteiger partial charge in [-0.15, -0.1) is 0 Å². The first-order valence-electron chi connectivity index (χ1n) is 6.69. The average Bonchev–Trinajstić information content (AvgIpc) is 2.59. The Morgan fingerprint density at radius 1 is 0.864 bits per heavy atom. The Hall–Kier alpha value is -2.93. The van der Waals surface area contributed by atoms with Crippen molar-refractivity contribution in [3.63, 3.8) is 0 Å². The van der Waals surface area contributed by atoms with Crippen LogP contribution in [0.4, 0.5) is 0 Å². The number of hydrogen-bond donors (Lipinski definition) is 0. The van der Waals surface area contributed by atoms with Crippen molar-refractivity contribution in [3.05, 3.63) is 53.6 Å². The molecule has 0 bridgehead atoms. The van der Waals surface area contributed by atoms with Gasteiger partial charge >= 0.3 is 0 Å². The fourth-order valence-corrected chi connectivity index (χ4v) is 2.03. The topological polar surface area (TPSA) is 51.5 Å². The van der Waals surface area contributed by atoms with E-state index in [0.29, 0.717) is 17.1 Å². The molecule has 0 saturated carbocycles. The van der Waals surface area contributed by atoms with Gasteiger partial charge in [-0.3, -0.25) is 0 Å². The quantitative estimate of drug-likeness (QED) is 0.622. The van der Waals surface area contributed by atoms with E-state index < -0.39 is 0 Å². The molecule has 0 radical (unpaired) electrons. The predicted molar refractivity (Wildman–Crippen MR) is 86.0 cm³/mol. The lowest BCUT2D eigenvalue weighted by Gasteiger charge is -2.07. The number of hydrogen-bond acceptors (Lipinski definition) is 4. The smallest absolute Gasteiger partial charge is 0.123 e. The summed E-state index contributed by atoms with van der Waals surface area (Å²) in [6.07, 6.45) is 1.80. The van der Waals surface area contributed by atoms with Crippen molar-refractivity contribution in [2.75, 3.05) is 21.3 Å². The lowest BCUT2D eigenvalue weighted by atomic mass is 10.0. The van der Waals surface area contributed by atoms with Crippen LogP contribution in [0.1, 0.15) is 11.1 Å². The summed E-state index contributed by atoms with van der Waals surface area (Å²) >= 11 is 0. The van der Waals surface area contributed by atoms with Crippen molar-refractivity contribution in [2.24, 2.45) is 0 Å². The van der Waals surface area contributed by atoms with Crippen molar-refractivity contribution < 1.29 is 14.2 Å². The fraction of sp³-hybridized carbons (Fsp3) is 0.167. The van der Waals surface area contributed by atoms with Crippen LogP contribution in [-0.4, -0.2) is 21.3 Å². The maximum atomic E-state index is 9.41. The van der Waals surface area contributed by atoms with Crippen LogP contribution in [0.3, 0.4) is 0 Å². The van der Waals surface area contributed by atoms with Crippen LogP contribution in [-0.2, 0) is 0 Å². The van der Waals surface area contributed by atoms with Crippen LogP contribution >= 0.6 is 0 Å². The first-order valence-corrected chi connectivity index (χ1v) is 6.69. The number of benzene rings is 2. The van der Waals surface area contributed by atoms with Crippen molar-refractivity contribution in [2.45, 2.75) is 0 Å². The first kappa shape index (κ1) is 15.5. The van der Waals surface area contributed by atoms with Gasteiger partial charge in [-0.2, -0.15) is 5.26 Å². The van der Waals surface area contributed by atoms with E-state index in [1.165, 1.54) is 0 Å². The minimum atomic E-state index is 0.554.